The van der Waals surface area contributed by atoms with Crippen molar-refractivity contribution < 1.29 is 4.48 Å². The second-order valence-electron chi connectivity index (χ2n) is 6.14. The van der Waals surface area contributed by atoms with Crippen LogP contribution in [0.3, 0.4) is 0 Å². The maximum Gasteiger partial charge on any atom is 0.0296 e. The topological polar surface area (TPSA) is 12.0 Å². The van der Waals surface area contributed by atoms with Gasteiger partial charge in [0.25, 0.3) is 0 Å². The average Bonchev–Trinajstić information content (AvgIpc) is 2.45. The normalized spacial score (nSPS) is 12.9. The molecule has 0 bridgehead atoms. The fourth-order valence-electron chi connectivity index (χ4n) is 2.50. The third-order valence-electron chi connectivity index (χ3n) is 3.82. The molecule has 116 valence electrons. The van der Waals surface area contributed by atoms with E-state index in [9.17, 15) is 4.48 Å². The van der Waals surface area contributed by atoms with E-state index in [4.69, 9.17) is 0 Å². The summed E-state index contributed by atoms with van der Waals surface area (Å²) < 4.78 is 12.0. The van der Waals surface area contributed by atoms with E-state index in [-0.39, 0.29) is 0 Å². The SMILES string of the molecule is CCc1cc(CC(C)C)ccc1C/C(C)=C(C)\C=C/NF. The van der Waals surface area contributed by atoms with Gasteiger partial charge in [0, 0.05) is 6.20 Å². The van der Waals surface area contributed by atoms with Crippen molar-refractivity contribution >= 4 is 0 Å². The minimum atomic E-state index is 0.683. The van der Waals surface area contributed by atoms with Gasteiger partial charge in [-0.2, -0.15) is 0 Å². The molecule has 0 amide bonds. The highest BCUT2D eigenvalue weighted by molar-refractivity contribution is 5.36. The number of hydrogen-bond donors (Lipinski definition) is 1. The number of nitrogens with one attached hydrogen (secondary N) is 1. The largest absolute Gasteiger partial charge is 0.232 e. The van der Waals surface area contributed by atoms with Gasteiger partial charge in [0.1, 0.15) is 0 Å². The molecule has 0 fully saturated rings. The molecule has 1 rings (SSSR count). The Morgan fingerprint density at radius 1 is 1.24 bits per heavy atom. The molecule has 0 aliphatic heterocycles. The fourth-order valence-corrected chi connectivity index (χ4v) is 2.50. The lowest BCUT2D eigenvalue weighted by molar-refractivity contribution is 0.406. The molecule has 1 N–H and O–H groups in total. The molecule has 0 aliphatic rings. The first-order valence-corrected chi connectivity index (χ1v) is 7.77. The van der Waals surface area contributed by atoms with Crippen molar-refractivity contribution in [3.05, 3.63) is 58.3 Å². The van der Waals surface area contributed by atoms with Crippen LogP contribution in [0.25, 0.3) is 0 Å². The van der Waals surface area contributed by atoms with Crippen LogP contribution in [0.5, 0.6) is 0 Å². The minimum Gasteiger partial charge on any atom is -0.232 e. The van der Waals surface area contributed by atoms with Crippen molar-refractivity contribution in [1.29, 1.82) is 0 Å². The Hall–Kier alpha value is -1.57. The van der Waals surface area contributed by atoms with Gasteiger partial charge in [0.15, 0.2) is 0 Å². The molecule has 21 heavy (non-hydrogen) atoms. The van der Waals surface area contributed by atoms with Crippen LogP contribution in [0, 0.1) is 5.92 Å². The van der Waals surface area contributed by atoms with Gasteiger partial charge >= 0.3 is 0 Å². The van der Waals surface area contributed by atoms with Crippen molar-refractivity contribution in [3.8, 4) is 0 Å². The second-order valence-corrected chi connectivity index (χ2v) is 6.14. The molecule has 0 heterocycles. The van der Waals surface area contributed by atoms with Crippen LogP contribution >= 0.6 is 0 Å². The highest BCUT2D eigenvalue weighted by Gasteiger charge is 2.06. The Morgan fingerprint density at radius 3 is 2.52 bits per heavy atom. The zero-order chi connectivity index (χ0) is 15.8. The monoisotopic (exact) mass is 289 g/mol. The summed E-state index contributed by atoms with van der Waals surface area (Å²) in [7, 11) is 0. The molecule has 0 aromatic heterocycles. The fraction of sp³-hybridized carbons (Fsp3) is 0.474. The number of halogens is 1. The molecule has 1 aromatic rings. The van der Waals surface area contributed by atoms with Gasteiger partial charge in [-0.1, -0.05) is 50.1 Å². The van der Waals surface area contributed by atoms with E-state index in [2.05, 4.69) is 45.9 Å². The Labute approximate surface area is 128 Å². The van der Waals surface area contributed by atoms with Gasteiger partial charge in [0.2, 0.25) is 0 Å². The molecule has 1 aromatic carbocycles. The summed E-state index contributed by atoms with van der Waals surface area (Å²) in [5.74, 6) is 0.683. The molecular formula is C19H28FN. The van der Waals surface area contributed by atoms with Crippen LogP contribution in [-0.4, -0.2) is 0 Å². The summed E-state index contributed by atoms with van der Waals surface area (Å²) in [5, 5.41) is 0. The van der Waals surface area contributed by atoms with Crippen LogP contribution < -0.4 is 5.54 Å². The lowest BCUT2D eigenvalue weighted by atomic mass is 9.93. The Bertz CT molecular complexity index is 512. The van der Waals surface area contributed by atoms with Gasteiger partial charge in [0.05, 0.1) is 0 Å². The van der Waals surface area contributed by atoms with Crippen LogP contribution in [0.2, 0.25) is 0 Å². The third-order valence-corrected chi connectivity index (χ3v) is 3.82. The molecular weight excluding hydrogens is 261 g/mol. The second kappa shape index (κ2) is 8.66. The predicted molar refractivity (Wildman–Crippen MR) is 89.8 cm³/mol. The first kappa shape index (κ1) is 17.5. The highest BCUT2D eigenvalue weighted by atomic mass is 19.2. The first-order chi connectivity index (χ1) is 9.97. The van der Waals surface area contributed by atoms with Crippen LogP contribution in [0.15, 0.2) is 41.6 Å². The van der Waals surface area contributed by atoms with E-state index in [1.54, 1.807) is 11.6 Å². The summed E-state index contributed by atoms with van der Waals surface area (Å²) in [5.41, 5.74) is 8.15. The van der Waals surface area contributed by atoms with Crippen molar-refractivity contribution in [2.45, 2.75) is 53.9 Å². The highest BCUT2D eigenvalue weighted by Crippen LogP contribution is 2.20. The van der Waals surface area contributed by atoms with Crippen molar-refractivity contribution in [2.24, 2.45) is 5.92 Å². The summed E-state index contributed by atoms with van der Waals surface area (Å²) in [6.07, 6.45) is 6.20. The van der Waals surface area contributed by atoms with Gasteiger partial charge in [-0.3, -0.25) is 0 Å². The molecule has 2 heteroatoms. The predicted octanol–water partition coefficient (Wildman–Crippen LogP) is 5.31. The van der Waals surface area contributed by atoms with E-state index in [1.807, 2.05) is 6.92 Å². The Kier molecular flexibility index (Phi) is 7.21. The molecule has 0 saturated heterocycles. The van der Waals surface area contributed by atoms with Crippen molar-refractivity contribution in [1.82, 2.24) is 5.54 Å². The quantitative estimate of drug-likeness (QED) is 0.529. The minimum absolute atomic E-state index is 0.683. The molecule has 0 atom stereocenters. The molecule has 0 spiro atoms. The summed E-state index contributed by atoms with van der Waals surface area (Å²) in [4.78, 5) is 0. The molecule has 0 saturated carbocycles. The van der Waals surface area contributed by atoms with Crippen LogP contribution in [-0.2, 0) is 19.3 Å². The number of aryl methyl sites for hydroxylation is 1. The van der Waals surface area contributed by atoms with Crippen molar-refractivity contribution in [3.63, 3.8) is 0 Å². The zero-order valence-corrected chi connectivity index (χ0v) is 14.0. The number of hydrogen-bond acceptors (Lipinski definition) is 1. The summed E-state index contributed by atoms with van der Waals surface area (Å²) in [6, 6.07) is 6.84. The van der Waals surface area contributed by atoms with E-state index in [1.165, 1.54) is 28.5 Å². The summed E-state index contributed by atoms with van der Waals surface area (Å²) >= 11 is 0. The molecule has 1 nitrogen and oxygen atoms in total. The van der Waals surface area contributed by atoms with Gasteiger partial charge in [-0.15, -0.1) is 4.48 Å². The molecule has 0 aliphatic carbocycles. The average molecular weight is 289 g/mol. The Morgan fingerprint density at radius 2 is 1.95 bits per heavy atom. The lowest BCUT2D eigenvalue weighted by Gasteiger charge is -2.13. The van der Waals surface area contributed by atoms with Crippen LogP contribution in [0.1, 0.15) is 51.3 Å². The van der Waals surface area contributed by atoms with Crippen LogP contribution in [0.4, 0.5) is 4.48 Å². The molecule has 0 unspecified atom stereocenters. The first-order valence-electron chi connectivity index (χ1n) is 7.77. The van der Waals surface area contributed by atoms with E-state index in [0.717, 1.165) is 24.8 Å². The third kappa shape index (κ3) is 5.74. The van der Waals surface area contributed by atoms with E-state index in [0.29, 0.717) is 5.92 Å². The van der Waals surface area contributed by atoms with E-state index >= 15 is 0 Å². The molecule has 0 radical (unpaired) electrons. The van der Waals surface area contributed by atoms with E-state index < -0.39 is 0 Å². The van der Waals surface area contributed by atoms with Gasteiger partial charge in [-0.05, 0) is 61.8 Å². The number of allylic oxidation sites excluding steroid dienone is 3. The zero-order valence-electron chi connectivity index (χ0n) is 14.0. The Balaban J connectivity index is 2.95. The van der Waals surface area contributed by atoms with Gasteiger partial charge < -0.3 is 0 Å². The smallest absolute Gasteiger partial charge is 0.0296 e. The lowest BCUT2D eigenvalue weighted by Crippen LogP contribution is -2.00. The standard InChI is InChI=1S/C19H28FN/c1-6-18-13-17(11-14(2)3)7-8-19(18)12-16(5)15(4)9-10-21-20/h7-10,13-14,21H,6,11-12H2,1-5H3/b10-9-,16-15-. The van der Waals surface area contributed by atoms with Crippen molar-refractivity contribution in [2.75, 3.05) is 0 Å². The maximum absolute atomic E-state index is 12.0. The number of benzene rings is 1. The number of rotatable bonds is 7. The summed E-state index contributed by atoms with van der Waals surface area (Å²) in [6.45, 7) is 10.8. The maximum atomic E-state index is 12.0. The van der Waals surface area contributed by atoms with Gasteiger partial charge in [-0.25, -0.2) is 5.54 Å².